The van der Waals surface area contributed by atoms with Crippen LogP contribution in [0.1, 0.15) is 30.5 Å². The van der Waals surface area contributed by atoms with Gasteiger partial charge in [-0.2, -0.15) is 0 Å². The fraction of sp³-hybridized carbons (Fsp3) is 0.200. The fourth-order valence-corrected chi connectivity index (χ4v) is 3.59. The molecule has 10 heteroatoms. The van der Waals surface area contributed by atoms with Gasteiger partial charge in [0.25, 0.3) is 5.91 Å². The number of halogens is 1. The van der Waals surface area contributed by atoms with E-state index in [0.29, 0.717) is 11.3 Å². The van der Waals surface area contributed by atoms with Gasteiger partial charge in [-0.1, -0.05) is 40.2 Å². The number of nitrogens with two attached hydrogens (primary N) is 1. The summed E-state index contributed by atoms with van der Waals surface area (Å²) in [6, 6.07) is 11.9. The van der Waals surface area contributed by atoms with E-state index in [1.165, 1.54) is 0 Å². The first-order chi connectivity index (χ1) is 14.2. The van der Waals surface area contributed by atoms with Crippen molar-refractivity contribution < 1.29 is 19.2 Å². The molecule has 0 aliphatic carbocycles. The molecule has 6 amide bonds. The molecule has 0 aromatic heterocycles. The van der Waals surface area contributed by atoms with Crippen LogP contribution < -0.4 is 27.0 Å². The Balaban J connectivity index is 1.69. The van der Waals surface area contributed by atoms with E-state index in [1.807, 2.05) is 6.07 Å². The largest absolute Gasteiger partial charge is 0.352 e. The smallest absolute Gasteiger partial charge is 0.322 e. The maximum absolute atomic E-state index is 12.5. The first-order valence-corrected chi connectivity index (χ1v) is 9.82. The third-order valence-electron chi connectivity index (χ3n) is 4.75. The quantitative estimate of drug-likeness (QED) is 0.410. The zero-order valence-electron chi connectivity index (χ0n) is 16.0. The van der Waals surface area contributed by atoms with Crippen molar-refractivity contribution >= 4 is 45.5 Å². The third kappa shape index (κ3) is 4.77. The van der Waals surface area contributed by atoms with Crippen molar-refractivity contribution in [2.75, 3.05) is 5.32 Å². The average molecular weight is 474 g/mol. The van der Waals surface area contributed by atoms with Gasteiger partial charge < -0.3 is 21.7 Å². The van der Waals surface area contributed by atoms with Gasteiger partial charge in [0.15, 0.2) is 0 Å². The molecule has 0 saturated carbocycles. The fourth-order valence-electron chi connectivity index (χ4n) is 3.18. The Morgan fingerprint density at radius 1 is 1.17 bits per heavy atom. The molecule has 1 saturated heterocycles. The molecule has 2 aromatic carbocycles. The van der Waals surface area contributed by atoms with Crippen LogP contribution in [0.3, 0.4) is 0 Å². The Morgan fingerprint density at radius 3 is 2.43 bits per heavy atom. The lowest BCUT2D eigenvalue weighted by atomic mass is 9.92. The lowest BCUT2D eigenvalue weighted by Crippen LogP contribution is -2.40. The van der Waals surface area contributed by atoms with Gasteiger partial charge in [0.1, 0.15) is 5.54 Å². The summed E-state index contributed by atoms with van der Waals surface area (Å²) in [5.41, 5.74) is 5.89. The molecule has 3 rings (SSSR count). The molecule has 0 radical (unpaired) electrons. The molecule has 1 aliphatic rings. The molecule has 6 N–H and O–H groups in total. The summed E-state index contributed by atoms with van der Waals surface area (Å²) in [5, 5.41) is 10.1. The minimum Gasteiger partial charge on any atom is -0.352 e. The van der Waals surface area contributed by atoms with Crippen LogP contribution >= 0.6 is 15.9 Å². The lowest BCUT2D eigenvalue weighted by molar-refractivity contribution is -0.123. The normalized spacial score (nSPS) is 18.9. The second kappa shape index (κ2) is 8.54. The summed E-state index contributed by atoms with van der Waals surface area (Å²) in [6.07, 6.45) is -0.0304. The molecule has 30 heavy (non-hydrogen) atoms. The van der Waals surface area contributed by atoms with E-state index in [4.69, 9.17) is 5.73 Å². The summed E-state index contributed by atoms with van der Waals surface area (Å²) >= 11 is 3.36. The van der Waals surface area contributed by atoms with Crippen molar-refractivity contribution in [2.24, 2.45) is 5.73 Å². The molecular weight excluding hydrogens is 454 g/mol. The molecule has 9 nitrogen and oxygen atoms in total. The predicted octanol–water partition coefficient (Wildman–Crippen LogP) is 2.24. The summed E-state index contributed by atoms with van der Waals surface area (Å²) < 4.78 is 0.809. The van der Waals surface area contributed by atoms with Crippen LogP contribution in [-0.2, 0) is 15.1 Å². The summed E-state index contributed by atoms with van der Waals surface area (Å²) in [7, 11) is 0. The van der Waals surface area contributed by atoms with Crippen molar-refractivity contribution in [2.45, 2.75) is 24.9 Å². The number of carbonyl (C=O) groups is 4. The second-order valence-corrected chi connectivity index (χ2v) is 7.89. The standard InChI is InChI=1S/C20H20BrN5O4/c1-20(17(28)25-19(30)26-20)12-5-7-14(8-6-12)23-16(27)10-15(24-18(22)29)11-3-2-4-13(21)9-11/h2-9,15H,10H2,1H3,(H,23,27)(H3,22,24,29)(H2,25,26,28,30)/t15-,20-/m1/s1. The molecule has 0 spiro atoms. The van der Waals surface area contributed by atoms with E-state index in [0.717, 1.165) is 10.0 Å². The van der Waals surface area contributed by atoms with Crippen molar-refractivity contribution in [3.63, 3.8) is 0 Å². The number of imide groups is 1. The van der Waals surface area contributed by atoms with Gasteiger partial charge in [0.2, 0.25) is 5.91 Å². The summed E-state index contributed by atoms with van der Waals surface area (Å²) in [5.74, 6) is -0.779. The monoisotopic (exact) mass is 473 g/mol. The Bertz CT molecular complexity index is 1010. The van der Waals surface area contributed by atoms with Gasteiger partial charge in [-0.25, -0.2) is 9.59 Å². The van der Waals surface area contributed by atoms with Crippen molar-refractivity contribution in [1.82, 2.24) is 16.0 Å². The molecular formula is C20H20BrN5O4. The van der Waals surface area contributed by atoms with Gasteiger partial charge in [0.05, 0.1) is 12.5 Å². The number of primary amides is 1. The van der Waals surface area contributed by atoms with E-state index in [-0.39, 0.29) is 12.3 Å². The Labute approximate surface area is 180 Å². The van der Waals surface area contributed by atoms with Crippen molar-refractivity contribution in [1.29, 1.82) is 0 Å². The number of rotatable bonds is 6. The first-order valence-electron chi connectivity index (χ1n) is 9.03. The Morgan fingerprint density at radius 2 is 1.87 bits per heavy atom. The zero-order valence-corrected chi connectivity index (χ0v) is 17.6. The van der Waals surface area contributed by atoms with Gasteiger partial charge in [0, 0.05) is 10.2 Å². The van der Waals surface area contributed by atoms with Gasteiger partial charge in [-0.3, -0.25) is 14.9 Å². The molecule has 156 valence electrons. The number of urea groups is 2. The maximum atomic E-state index is 12.5. The van der Waals surface area contributed by atoms with E-state index in [9.17, 15) is 19.2 Å². The number of carbonyl (C=O) groups excluding carboxylic acids is 4. The highest BCUT2D eigenvalue weighted by Crippen LogP contribution is 2.26. The molecule has 1 heterocycles. The van der Waals surface area contributed by atoms with Crippen molar-refractivity contribution in [3.8, 4) is 0 Å². The lowest BCUT2D eigenvalue weighted by Gasteiger charge is -2.21. The average Bonchev–Trinajstić information content (AvgIpc) is 2.94. The maximum Gasteiger partial charge on any atom is 0.322 e. The second-order valence-electron chi connectivity index (χ2n) is 6.98. The van der Waals surface area contributed by atoms with Gasteiger partial charge in [-0.15, -0.1) is 0 Å². The minimum absolute atomic E-state index is 0.0304. The van der Waals surface area contributed by atoms with Crippen LogP contribution in [-0.4, -0.2) is 23.9 Å². The van der Waals surface area contributed by atoms with Crippen LogP contribution in [0, 0.1) is 0 Å². The van der Waals surface area contributed by atoms with Gasteiger partial charge in [-0.05, 0) is 42.3 Å². The molecule has 1 fully saturated rings. The first kappa shape index (κ1) is 21.3. The highest BCUT2D eigenvalue weighted by atomic mass is 79.9. The number of nitrogens with one attached hydrogen (secondary N) is 4. The zero-order chi connectivity index (χ0) is 21.9. The minimum atomic E-state index is -1.17. The summed E-state index contributed by atoms with van der Waals surface area (Å²) in [6.45, 7) is 1.60. The van der Waals surface area contributed by atoms with Crippen molar-refractivity contribution in [3.05, 3.63) is 64.1 Å². The molecule has 0 unspecified atom stereocenters. The SMILES string of the molecule is C[C@]1(c2ccc(NC(=O)C[C@@H](NC(N)=O)c3cccc(Br)c3)cc2)NC(=O)NC1=O. The molecule has 0 bridgehead atoms. The van der Waals surface area contributed by atoms with E-state index >= 15 is 0 Å². The number of hydrogen-bond acceptors (Lipinski definition) is 4. The topological polar surface area (TPSA) is 142 Å². The molecule has 2 atom stereocenters. The highest BCUT2D eigenvalue weighted by molar-refractivity contribution is 9.10. The summed E-state index contributed by atoms with van der Waals surface area (Å²) in [4.78, 5) is 47.3. The molecule has 1 aliphatic heterocycles. The highest BCUT2D eigenvalue weighted by Gasteiger charge is 2.43. The number of anilines is 1. The molecule has 2 aromatic rings. The van der Waals surface area contributed by atoms with E-state index in [2.05, 4.69) is 37.2 Å². The number of benzene rings is 2. The van der Waals surface area contributed by atoms with Crippen LogP contribution in [0.15, 0.2) is 53.0 Å². The third-order valence-corrected chi connectivity index (χ3v) is 5.24. The Hall–Kier alpha value is -3.40. The number of amides is 6. The predicted molar refractivity (Wildman–Crippen MR) is 113 cm³/mol. The van der Waals surface area contributed by atoms with E-state index in [1.54, 1.807) is 49.4 Å². The van der Waals surface area contributed by atoms with Crippen LogP contribution in [0.5, 0.6) is 0 Å². The van der Waals surface area contributed by atoms with Gasteiger partial charge >= 0.3 is 12.1 Å². The Kier molecular flexibility index (Phi) is 6.06. The number of hydrogen-bond donors (Lipinski definition) is 5. The van der Waals surface area contributed by atoms with E-state index < -0.39 is 29.6 Å². The van der Waals surface area contributed by atoms with Crippen LogP contribution in [0.2, 0.25) is 0 Å². The van der Waals surface area contributed by atoms with Crippen LogP contribution in [0.25, 0.3) is 0 Å². The van der Waals surface area contributed by atoms with Crippen LogP contribution in [0.4, 0.5) is 15.3 Å².